The molecule has 0 saturated carbocycles. The van der Waals surface area contributed by atoms with Crippen LogP contribution in [0.25, 0.3) is 0 Å². The highest BCUT2D eigenvalue weighted by atomic mass is 32.2. The first kappa shape index (κ1) is 14.7. The SMILES string of the molecule is Cc1ccc(S(=O)(=O)Nc2ccc(O)c3c2CCCN3)cc1. The fourth-order valence-electron chi connectivity index (χ4n) is 2.59. The van der Waals surface area contributed by atoms with Crippen molar-refractivity contribution in [2.24, 2.45) is 0 Å². The van der Waals surface area contributed by atoms with E-state index in [1.165, 1.54) is 6.07 Å². The van der Waals surface area contributed by atoms with Crippen molar-refractivity contribution >= 4 is 21.4 Å². The van der Waals surface area contributed by atoms with E-state index in [1.54, 1.807) is 30.3 Å². The molecule has 2 aromatic carbocycles. The molecule has 0 unspecified atom stereocenters. The van der Waals surface area contributed by atoms with Crippen LogP contribution in [-0.4, -0.2) is 20.1 Å². The molecule has 0 spiro atoms. The molecule has 0 saturated heterocycles. The quantitative estimate of drug-likeness (QED) is 0.600. The first-order valence-electron chi connectivity index (χ1n) is 7.15. The summed E-state index contributed by atoms with van der Waals surface area (Å²) in [5.41, 5.74) is 2.95. The van der Waals surface area contributed by atoms with Crippen LogP contribution in [0.1, 0.15) is 17.5 Å². The lowest BCUT2D eigenvalue weighted by Gasteiger charge is -2.22. The number of phenols is 1. The minimum atomic E-state index is -3.64. The van der Waals surface area contributed by atoms with Crippen LogP contribution < -0.4 is 10.0 Å². The fraction of sp³-hybridized carbons (Fsp3) is 0.250. The molecule has 22 heavy (non-hydrogen) atoms. The van der Waals surface area contributed by atoms with Gasteiger partial charge in [0.15, 0.2) is 0 Å². The van der Waals surface area contributed by atoms with Gasteiger partial charge in [-0.05, 0) is 44.0 Å². The summed E-state index contributed by atoms with van der Waals surface area (Å²) in [6, 6.07) is 9.81. The molecule has 0 bridgehead atoms. The van der Waals surface area contributed by atoms with Crippen LogP contribution in [-0.2, 0) is 16.4 Å². The Morgan fingerprint density at radius 2 is 1.86 bits per heavy atom. The van der Waals surface area contributed by atoms with Gasteiger partial charge in [-0.1, -0.05) is 17.7 Å². The van der Waals surface area contributed by atoms with Gasteiger partial charge in [0, 0.05) is 12.1 Å². The summed E-state index contributed by atoms with van der Waals surface area (Å²) in [5, 5.41) is 13.0. The highest BCUT2D eigenvalue weighted by molar-refractivity contribution is 7.92. The van der Waals surface area contributed by atoms with Crippen molar-refractivity contribution in [1.29, 1.82) is 0 Å². The lowest BCUT2D eigenvalue weighted by atomic mass is 10.0. The Bertz CT molecular complexity index is 799. The zero-order valence-electron chi connectivity index (χ0n) is 12.3. The van der Waals surface area contributed by atoms with Gasteiger partial charge in [0.05, 0.1) is 16.3 Å². The van der Waals surface area contributed by atoms with Crippen molar-refractivity contribution in [1.82, 2.24) is 0 Å². The van der Waals surface area contributed by atoms with Gasteiger partial charge in [0.25, 0.3) is 10.0 Å². The first-order chi connectivity index (χ1) is 10.5. The van der Waals surface area contributed by atoms with Crippen molar-refractivity contribution in [2.75, 3.05) is 16.6 Å². The van der Waals surface area contributed by atoms with Gasteiger partial charge in [-0.3, -0.25) is 4.72 Å². The monoisotopic (exact) mass is 318 g/mol. The molecular weight excluding hydrogens is 300 g/mol. The van der Waals surface area contributed by atoms with Crippen molar-refractivity contribution in [3.63, 3.8) is 0 Å². The predicted molar refractivity (Wildman–Crippen MR) is 86.9 cm³/mol. The number of hydrogen-bond donors (Lipinski definition) is 3. The number of hydrogen-bond acceptors (Lipinski definition) is 4. The zero-order chi connectivity index (χ0) is 15.7. The van der Waals surface area contributed by atoms with Crippen LogP contribution in [0, 0.1) is 6.92 Å². The number of anilines is 2. The average Bonchev–Trinajstić information content (AvgIpc) is 2.51. The van der Waals surface area contributed by atoms with Crippen molar-refractivity contribution < 1.29 is 13.5 Å². The van der Waals surface area contributed by atoms with Gasteiger partial charge in [-0.25, -0.2) is 8.42 Å². The second-order valence-corrected chi connectivity index (χ2v) is 7.12. The summed E-state index contributed by atoms with van der Waals surface area (Å²) in [6.07, 6.45) is 1.62. The lowest BCUT2D eigenvalue weighted by molar-refractivity contribution is 0.475. The lowest BCUT2D eigenvalue weighted by Crippen LogP contribution is -2.18. The molecule has 3 rings (SSSR count). The molecule has 2 aromatic rings. The van der Waals surface area contributed by atoms with Crippen LogP contribution >= 0.6 is 0 Å². The maximum atomic E-state index is 12.5. The fourth-order valence-corrected chi connectivity index (χ4v) is 3.68. The maximum Gasteiger partial charge on any atom is 0.261 e. The Balaban J connectivity index is 1.98. The van der Waals surface area contributed by atoms with E-state index < -0.39 is 10.0 Å². The molecule has 0 fully saturated rings. The molecule has 0 aromatic heterocycles. The van der Waals surface area contributed by atoms with E-state index in [9.17, 15) is 13.5 Å². The predicted octanol–water partition coefficient (Wildman–Crippen LogP) is 2.86. The molecule has 0 aliphatic carbocycles. The molecule has 1 aliphatic rings. The molecule has 5 nitrogen and oxygen atoms in total. The Morgan fingerprint density at radius 1 is 1.14 bits per heavy atom. The summed E-state index contributed by atoms with van der Waals surface area (Å²) < 4.78 is 27.6. The van der Waals surface area contributed by atoms with Crippen molar-refractivity contribution in [3.05, 3.63) is 47.5 Å². The number of benzene rings is 2. The van der Waals surface area contributed by atoms with Crippen LogP contribution in [0.2, 0.25) is 0 Å². The van der Waals surface area contributed by atoms with Crippen molar-refractivity contribution in [2.45, 2.75) is 24.7 Å². The van der Waals surface area contributed by atoms with Gasteiger partial charge in [0.2, 0.25) is 0 Å². The van der Waals surface area contributed by atoms with Crippen LogP contribution in [0.4, 0.5) is 11.4 Å². The number of rotatable bonds is 3. The second kappa shape index (κ2) is 5.53. The Hall–Kier alpha value is -2.21. The third-order valence-electron chi connectivity index (χ3n) is 3.77. The molecule has 3 N–H and O–H groups in total. The summed E-state index contributed by atoms with van der Waals surface area (Å²) in [6.45, 7) is 2.68. The molecule has 1 heterocycles. The minimum absolute atomic E-state index is 0.146. The van der Waals surface area contributed by atoms with Gasteiger partial charge in [0.1, 0.15) is 5.75 Å². The molecule has 6 heteroatoms. The van der Waals surface area contributed by atoms with E-state index in [4.69, 9.17) is 0 Å². The normalized spacial score (nSPS) is 14.0. The number of nitrogens with one attached hydrogen (secondary N) is 2. The Kier molecular flexibility index (Phi) is 3.70. The Morgan fingerprint density at radius 3 is 2.59 bits per heavy atom. The number of sulfonamides is 1. The van der Waals surface area contributed by atoms with Gasteiger partial charge < -0.3 is 10.4 Å². The summed E-state index contributed by atoms with van der Waals surface area (Å²) >= 11 is 0. The molecule has 0 amide bonds. The molecule has 1 aliphatic heterocycles. The van der Waals surface area contributed by atoms with E-state index in [0.29, 0.717) is 11.4 Å². The van der Waals surface area contributed by atoms with Gasteiger partial charge >= 0.3 is 0 Å². The second-order valence-electron chi connectivity index (χ2n) is 5.43. The van der Waals surface area contributed by atoms with E-state index in [0.717, 1.165) is 30.5 Å². The molecule has 0 radical (unpaired) electrons. The topological polar surface area (TPSA) is 78.4 Å². The third kappa shape index (κ3) is 2.74. The van der Waals surface area contributed by atoms with Gasteiger partial charge in [-0.15, -0.1) is 0 Å². The highest BCUT2D eigenvalue weighted by Crippen LogP contribution is 2.37. The van der Waals surface area contributed by atoms with Crippen LogP contribution in [0.15, 0.2) is 41.3 Å². The summed E-state index contributed by atoms with van der Waals surface area (Å²) in [4.78, 5) is 0.226. The first-order valence-corrected chi connectivity index (χ1v) is 8.64. The van der Waals surface area contributed by atoms with E-state index >= 15 is 0 Å². The van der Waals surface area contributed by atoms with Crippen LogP contribution in [0.5, 0.6) is 5.75 Å². The van der Waals surface area contributed by atoms with Gasteiger partial charge in [-0.2, -0.15) is 0 Å². The van der Waals surface area contributed by atoms with E-state index in [2.05, 4.69) is 10.0 Å². The smallest absolute Gasteiger partial charge is 0.261 e. The van der Waals surface area contributed by atoms with E-state index in [-0.39, 0.29) is 10.6 Å². The zero-order valence-corrected chi connectivity index (χ0v) is 13.1. The standard InChI is InChI=1S/C16H18N2O3S/c1-11-4-6-12(7-5-11)22(20,21)18-14-8-9-15(19)16-13(14)3-2-10-17-16/h4-9,17-19H,2-3,10H2,1H3. The molecule has 116 valence electrons. The molecule has 0 atom stereocenters. The summed E-state index contributed by atoms with van der Waals surface area (Å²) in [7, 11) is -3.64. The number of phenolic OH excluding ortho intramolecular Hbond substituents is 1. The van der Waals surface area contributed by atoms with Crippen molar-refractivity contribution in [3.8, 4) is 5.75 Å². The third-order valence-corrected chi connectivity index (χ3v) is 5.15. The highest BCUT2D eigenvalue weighted by Gasteiger charge is 2.21. The minimum Gasteiger partial charge on any atom is -0.506 e. The summed E-state index contributed by atoms with van der Waals surface area (Å²) in [5.74, 6) is 0.146. The number of aromatic hydroxyl groups is 1. The van der Waals surface area contributed by atoms with E-state index in [1.807, 2.05) is 6.92 Å². The van der Waals surface area contributed by atoms with Crippen LogP contribution in [0.3, 0.4) is 0 Å². The number of fused-ring (bicyclic) bond motifs is 1. The molecular formula is C16H18N2O3S. The maximum absolute atomic E-state index is 12.5. The number of aryl methyl sites for hydroxylation is 1. The Labute approximate surface area is 130 Å². The largest absolute Gasteiger partial charge is 0.506 e. The average molecular weight is 318 g/mol.